The van der Waals surface area contributed by atoms with Crippen LogP contribution in [0.3, 0.4) is 0 Å². The van der Waals surface area contributed by atoms with Crippen molar-refractivity contribution in [1.82, 2.24) is 5.32 Å². The van der Waals surface area contributed by atoms with Gasteiger partial charge >= 0.3 is 0 Å². The van der Waals surface area contributed by atoms with E-state index in [1.54, 1.807) is 54.6 Å². The van der Waals surface area contributed by atoms with Crippen molar-refractivity contribution in [3.05, 3.63) is 64.7 Å². The Bertz CT molecular complexity index is 734. The van der Waals surface area contributed by atoms with Gasteiger partial charge in [0, 0.05) is 22.8 Å². The van der Waals surface area contributed by atoms with Crippen molar-refractivity contribution in [2.75, 3.05) is 5.32 Å². The second-order valence-corrected chi connectivity index (χ2v) is 5.21. The van der Waals surface area contributed by atoms with E-state index >= 15 is 0 Å². The summed E-state index contributed by atoms with van der Waals surface area (Å²) >= 11 is 5.78. The molecule has 0 bridgehead atoms. The van der Waals surface area contributed by atoms with Crippen LogP contribution in [0.1, 0.15) is 22.3 Å². The number of rotatable bonds is 5. The first kappa shape index (κ1) is 16.5. The molecule has 23 heavy (non-hydrogen) atoms. The van der Waals surface area contributed by atoms with Crippen molar-refractivity contribution in [1.29, 1.82) is 5.26 Å². The number of nitriles is 1. The van der Waals surface area contributed by atoms with E-state index in [9.17, 15) is 9.59 Å². The fourth-order valence-corrected chi connectivity index (χ4v) is 1.99. The first-order valence-electron chi connectivity index (χ1n) is 6.88. The molecule has 2 aromatic carbocycles. The molecule has 2 rings (SSSR count). The molecule has 2 N–H and O–H groups in total. The molecule has 0 aliphatic carbocycles. The van der Waals surface area contributed by atoms with Crippen molar-refractivity contribution >= 4 is 29.1 Å². The molecule has 2 amide bonds. The number of nitrogens with one attached hydrogen (secondary N) is 2. The van der Waals surface area contributed by atoms with Crippen molar-refractivity contribution < 1.29 is 9.59 Å². The molecule has 0 aliphatic heterocycles. The first-order valence-corrected chi connectivity index (χ1v) is 7.26. The van der Waals surface area contributed by atoms with E-state index in [2.05, 4.69) is 10.6 Å². The molecule has 5 nitrogen and oxygen atoms in total. The number of anilines is 1. The highest BCUT2D eigenvalue weighted by molar-refractivity contribution is 6.30. The Labute approximate surface area is 138 Å². The zero-order chi connectivity index (χ0) is 16.7. The van der Waals surface area contributed by atoms with Crippen molar-refractivity contribution in [2.45, 2.75) is 13.0 Å². The van der Waals surface area contributed by atoms with E-state index in [0.717, 1.165) is 5.56 Å². The lowest BCUT2D eigenvalue weighted by Gasteiger charge is -2.07. The largest absolute Gasteiger partial charge is 0.348 e. The van der Waals surface area contributed by atoms with E-state index in [-0.39, 0.29) is 18.2 Å². The van der Waals surface area contributed by atoms with E-state index < -0.39 is 0 Å². The average Bonchev–Trinajstić information content (AvgIpc) is 2.55. The Balaban J connectivity index is 1.88. The third-order valence-electron chi connectivity index (χ3n) is 3.04. The molecule has 0 saturated heterocycles. The number of amides is 2. The Morgan fingerprint density at radius 1 is 1.04 bits per heavy atom. The molecule has 0 unspecified atom stereocenters. The zero-order valence-electron chi connectivity index (χ0n) is 12.2. The summed E-state index contributed by atoms with van der Waals surface area (Å²) in [6.45, 7) is 0.369. The maximum Gasteiger partial charge on any atom is 0.251 e. The predicted molar refractivity (Wildman–Crippen MR) is 87.9 cm³/mol. The van der Waals surface area contributed by atoms with Crippen LogP contribution in [-0.2, 0) is 11.3 Å². The summed E-state index contributed by atoms with van der Waals surface area (Å²) in [5.41, 5.74) is 2.04. The predicted octanol–water partition coefficient (Wildman–Crippen LogP) is 3.12. The lowest BCUT2D eigenvalue weighted by atomic mass is 10.2. The molecule has 0 atom stereocenters. The Kier molecular flexibility index (Phi) is 5.73. The van der Waals surface area contributed by atoms with Crippen LogP contribution in [0, 0.1) is 11.3 Å². The number of carbonyl (C=O) groups is 2. The molecular formula is C17H14ClN3O2. The van der Waals surface area contributed by atoms with Crippen LogP contribution in [0.25, 0.3) is 0 Å². The highest BCUT2D eigenvalue weighted by Gasteiger charge is 2.05. The summed E-state index contributed by atoms with van der Waals surface area (Å²) in [6, 6.07) is 15.5. The number of hydrogen-bond acceptors (Lipinski definition) is 3. The number of halogens is 1. The van der Waals surface area contributed by atoms with Crippen molar-refractivity contribution in [3.8, 4) is 6.07 Å². The second kappa shape index (κ2) is 7.97. The molecule has 2 aromatic rings. The molecule has 0 spiro atoms. The first-order chi connectivity index (χ1) is 11.1. The van der Waals surface area contributed by atoms with Crippen LogP contribution in [0.2, 0.25) is 5.02 Å². The van der Waals surface area contributed by atoms with Crippen LogP contribution in [-0.4, -0.2) is 11.8 Å². The molecule has 0 fully saturated rings. The highest BCUT2D eigenvalue weighted by atomic mass is 35.5. The normalized spacial score (nSPS) is 9.74. The topological polar surface area (TPSA) is 82.0 Å². The van der Waals surface area contributed by atoms with Gasteiger partial charge in [0.15, 0.2) is 0 Å². The summed E-state index contributed by atoms with van der Waals surface area (Å²) in [7, 11) is 0. The SMILES string of the molecule is N#CCC(=O)Nc1ccc(CNC(=O)c2ccc(Cl)cc2)cc1. The number of hydrogen-bond donors (Lipinski definition) is 2. The minimum Gasteiger partial charge on any atom is -0.348 e. The van der Waals surface area contributed by atoms with Gasteiger partial charge in [0.05, 0.1) is 6.07 Å². The summed E-state index contributed by atoms with van der Waals surface area (Å²) in [5, 5.41) is 14.4. The maximum absolute atomic E-state index is 12.0. The lowest BCUT2D eigenvalue weighted by Crippen LogP contribution is -2.22. The standard InChI is InChI=1S/C17H14ClN3O2/c18-14-5-3-13(4-6-14)17(23)20-11-12-1-7-15(8-2-12)21-16(22)9-10-19/h1-8H,9,11H2,(H,20,23)(H,21,22). The average molecular weight is 328 g/mol. The molecular weight excluding hydrogens is 314 g/mol. The minimum atomic E-state index is -0.351. The third-order valence-corrected chi connectivity index (χ3v) is 3.29. The molecule has 0 aromatic heterocycles. The Morgan fingerprint density at radius 2 is 1.70 bits per heavy atom. The molecule has 6 heteroatoms. The third kappa shape index (κ3) is 5.13. The van der Waals surface area contributed by atoms with Gasteiger partial charge in [0.1, 0.15) is 6.42 Å². The fourth-order valence-electron chi connectivity index (χ4n) is 1.87. The molecule has 116 valence electrons. The molecule has 0 saturated carbocycles. The van der Waals surface area contributed by atoms with Crippen molar-refractivity contribution in [3.63, 3.8) is 0 Å². The molecule has 0 radical (unpaired) electrons. The van der Waals surface area contributed by atoms with Gasteiger partial charge in [-0.15, -0.1) is 0 Å². The van der Waals surface area contributed by atoms with Gasteiger partial charge in [-0.3, -0.25) is 9.59 Å². The van der Waals surface area contributed by atoms with Crippen LogP contribution in [0.15, 0.2) is 48.5 Å². The quantitative estimate of drug-likeness (QED) is 0.885. The smallest absolute Gasteiger partial charge is 0.251 e. The Hall–Kier alpha value is -2.84. The molecule has 0 aliphatic rings. The fraction of sp³-hybridized carbons (Fsp3) is 0.118. The highest BCUT2D eigenvalue weighted by Crippen LogP contribution is 2.11. The van der Waals surface area contributed by atoms with Gasteiger partial charge in [-0.25, -0.2) is 0 Å². The maximum atomic E-state index is 12.0. The Morgan fingerprint density at radius 3 is 2.30 bits per heavy atom. The molecule has 0 heterocycles. The van der Waals surface area contributed by atoms with E-state index in [1.165, 1.54) is 0 Å². The minimum absolute atomic E-state index is 0.182. The number of benzene rings is 2. The van der Waals surface area contributed by atoms with Gasteiger partial charge in [-0.2, -0.15) is 5.26 Å². The van der Waals surface area contributed by atoms with E-state index in [0.29, 0.717) is 22.8 Å². The number of carbonyl (C=O) groups excluding carboxylic acids is 2. The van der Waals surface area contributed by atoms with Gasteiger partial charge < -0.3 is 10.6 Å². The van der Waals surface area contributed by atoms with E-state index in [1.807, 2.05) is 0 Å². The van der Waals surface area contributed by atoms with Crippen LogP contribution >= 0.6 is 11.6 Å². The summed E-state index contributed by atoms with van der Waals surface area (Å²) in [6.07, 6.45) is -0.182. The van der Waals surface area contributed by atoms with Gasteiger partial charge in [-0.1, -0.05) is 23.7 Å². The van der Waals surface area contributed by atoms with Crippen LogP contribution in [0.4, 0.5) is 5.69 Å². The van der Waals surface area contributed by atoms with Gasteiger partial charge in [0.2, 0.25) is 5.91 Å². The van der Waals surface area contributed by atoms with E-state index in [4.69, 9.17) is 16.9 Å². The monoisotopic (exact) mass is 327 g/mol. The van der Waals surface area contributed by atoms with Gasteiger partial charge in [0.25, 0.3) is 5.91 Å². The number of nitrogens with zero attached hydrogens (tertiary/aromatic N) is 1. The summed E-state index contributed by atoms with van der Waals surface area (Å²) in [5.74, 6) is -0.538. The second-order valence-electron chi connectivity index (χ2n) is 4.77. The summed E-state index contributed by atoms with van der Waals surface area (Å²) in [4.78, 5) is 23.3. The lowest BCUT2D eigenvalue weighted by molar-refractivity contribution is -0.115. The van der Waals surface area contributed by atoms with Crippen LogP contribution < -0.4 is 10.6 Å². The zero-order valence-corrected chi connectivity index (χ0v) is 12.9. The van der Waals surface area contributed by atoms with Crippen LogP contribution in [0.5, 0.6) is 0 Å². The van der Waals surface area contributed by atoms with Crippen molar-refractivity contribution in [2.24, 2.45) is 0 Å². The van der Waals surface area contributed by atoms with Gasteiger partial charge in [-0.05, 0) is 42.0 Å². The summed E-state index contributed by atoms with van der Waals surface area (Å²) < 4.78 is 0.